The van der Waals surface area contributed by atoms with Crippen molar-refractivity contribution < 1.29 is 13.9 Å². The zero-order valence-corrected chi connectivity index (χ0v) is 12.0. The molecule has 5 heteroatoms. The Hall–Kier alpha value is -2.17. The van der Waals surface area contributed by atoms with Gasteiger partial charge in [0.1, 0.15) is 11.4 Å². The monoisotopic (exact) mass is 276 g/mol. The summed E-state index contributed by atoms with van der Waals surface area (Å²) in [6.45, 7) is 5.36. The van der Waals surface area contributed by atoms with E-state index in [-0.39, 0.29) is 0 Å². The number of halogens is 1. The van der Waals surface area contributed by atoms with Gasteiger partial charge in [-0.15, -0.1) is 0 Å². The molecule has 0 amide bonds. The van der Waals surface area contributed by atoms with Crippen molar-refractivity contribution in [1.29, 1.82) is 0 Å². The topological polar surface area (TPSA) is 44.1 Å². The van der Waals surface area contributed by atoms with Crippen molar-refractivity contribution in [1.82, 2.24) is 9.78 Å². The Bertz CT molecular complexity index is 642. The first-order valence-corrected chi connectivity index (χ1v) is 6.28. The van der Waals surface area contributed by atoms with Crippen LogP contribution in [-0.2, 0) is 11.8 Å². The van der Waals surface area contributed by atoms with Gasteiger partial charge in [0.15, 0.2) is 0 Å². The first-order chi connectivity index (χ1) is 9.26. The number of ether oxygens (including phenoxy) is 1. The minimum atomic E-state index is -0.583. The molecule has 0 fully saturated rings. The van der Waals surface area contributed by atoms with Crippen molar-refractivity contribution in [2.45, 2.75) is 26.4 Å². The Kier molecular flexibility index (Phi) is 3.61. The summed E-state index contributed by atoms with van der Waals surface area (Å²) in [6, 6.07) is 4.17. The Labute approximate surface area is 117 Å². The fourth-order valence-corrected chi connectivity index (χ4v) is 1.77. The van der Waals surface area contributed by atoms with Crippen LogP contribution in [0.1, 0.15) is 31.1 Å². The van der Waals surface area contributed by atoms with E-state index in [0.29, 0.717) is 16.7 Å². The van der Waals surface area contributed by atoms with Crippen LogP contribution in [0.15, 0.2) is 30.6 Å². The fraction of sp³-hybridized carbons (Fsp3) is 0.333. The van der Waals surface area contributed by atoms with Gasteiger partial charge in [-0.1, -0.05) is 0 Å². The second kappa shape index (κ2) is 5.07. The smallest absolute Gasteiger partial charge is 0.338 e. The van der Waals surface area contributed by atoms with Crippen molar-refractivity contribution in [3.05, 3.63) is 42.0 Å². The summed E-state index contributed by atoms with van der Waals surface area (Å²) in [6.07, 6.45) is 3.24. The highest BCUT2D eigenvalue weighted by molar-refractivity contribution is 5.91. The molecular weight excluding hydrogens is 259 g/mol. The molecule has 0 N–H and O–H groups in total. The van der Waals surface area contributed by atoms with Crippen molar-refractivity contribution >= 4 is 5.97 Å². The van der Waals surface area contributed by atoms with E-state index in [9.17, 15) is 9.18 Å². The van der Waals surface area contributed by atoms with E-state index in [1.165, 1.54) is 18.2 Å². The van der Waals surface area contributed by atoms with Gasteiger partial charge in [-0.2, -0.15) is 5.10 Å². The largest absolute Gasteiger partial charge is 0.456 e. The second-order valence-corrected chi connectivity index (χ2v) is 5.60. The molecule has 2 aromatic rings. The van der Waals surface area contributed by atoms with Crippen LogP contribution in [0.2, 0.25) is 0 Å². The summed E-state index contributed by atoms with van der Waals surface area (Å²) in [5.74, 6) is -0.868. The molecule has 0 atom stereocenters. The van der Waals surface area contributed by atoms with Gasteiger partial charge in [0, 0.05) is 24.4 Å². The Morgan fingerprint density at radius 1 is 1.35 bits per heavy atom. The molecule has 0 bridgehead atoms. The van der Waals surface area contributed by atoms with Gasteiger partial charge in [0.05, 0.1) is 11.8 Å². The molecule has 4 nitrogen and oxygen atoms in total. The molecule has 106 valence electrons. The summed E-state index contributed by atoms with van der Waals surface area (Å²) in [5.41, 5.74) is 0.692. The normalized spacial score (nSPS) is 11.4. The maximum Gasteiger partial charge on any atom is 0.338 e. The third kappa shape index (κ3) is 3.23. The van der Waals surface area contributed by atoms with Crippen molar-refractivity contribution in [2.24, 2.45) is 7.05 Å². The average molecular weight is 276 g/mol. The molecule has 0 aliphatic carbocycles. The van der Waals surface area contributed by atoms with Gasteiger partial charge in [0.2, 0.25) is 0 Å². The number of aromatic nitrogens is 2. The lowest BCUT2D eigenvalue weighted by molar-refractivity contribution is 0.00695. The summed E-state index contributed by atoms with van der Waals surface area (Å²) < 4.78 is 20.7. The number of carbonyl (C=O) groups excluding carboxylic acids is 1. The predicted molar refractivity (Wildman–Crippen MR) is 73.8 cm³/mol. The number of rotatable bonds is 2. The number of hydrogen-bond acceptors (Lipinski definition) is 3. The molecule has 1 aromatic carbocycles. The molecular formula is C15H17FN2O2. The van der Waals surface area contributed by atoms with E-state index in [1.807, 2.05) is 0 Å². The Balaban J connectivity index is 2.36. The van der Waals surface area contributed by atoms with E-state index < -0.39 is 17.4 Å². The van der Waals surface area contributed by atoms with Gasteiger partial charge < -0.3 is 4.74 Å². The van der Waals surface area contributed by atoms with Gasteiger partial charge in [-0.05, 0) is 39.0 Å². The molecule has 0 unspecified atom stereocenters. The maximum absolute atomic E-state index is 13.9. The molecule has 0 aliphatic rings. The van der Waals surface area contributed by atoms with Gasteiger partial charge >= 0.3 is 5.97 Å². The molecule has 2 rings (SSSR count). The quantitative estimate of drug-likeness (QED) is 0.791. The van der Waals surface area contributed by atoms with Crippen LogP contribution in [0.5, 0.6) is 0 Å². The summed E-state index contributed by atoms with van der Waals surface area (Å²) in [4.78, 5) is 12.0. The molecule has 0 saturated heterocycles. The number of nitrogens with zero attached hydrogens (tertiary/aromatic N) is 2. The lowest BCUT2D eigenvalue weighted by Crippen LogP contribution is -2.23. The minimum absolute atomic E-state index is 0.320. The molecule has 0 saturated carbocycles. The molecule has 20 heavy (non-hydrogen) atoms. The first-order valence-electron chi connectivity index (χ1n) is 6.28. The predicted octanol–water partition coefficient (Wildman–Crippen LogP) is 3.18. The molecule has 0 radical (unpaired) electrons. The van der Waals surface area contributed by atoms with Gasteiger partial charge in [-0.25, -0.2) is 9.18 Å². The molecule has 1 heterocycles. The number of carbonyl (C=O) groups is 1. The summed E-state index contributed by atoms with van der Waals surface area (Å²) in [5, 5.41) is 4.00. The Morgan fingerprint density at radius 3 is 2.60 bits per heavy atom. The highest BCUT2D eigenvalue weighted by Crippen LogP contribution is 2.24. The van der Waals surface area contributed by atoms with E-state index in [0.717, 1.165) is 0 Å². The molecule has 1 aromatic heterocycles. The van der Waals surface area contributed by atoms with Crippen LogP contribution in [-0.4, -0.2) is 21.4 Å². The van der Waals surface area contributed by atoms with Crippen molar-refractivity contribution in [3.63, 3.8) is 0 Å². The lowest BCUT2D eigenvalue weighted by atomic mass is 10.1. The standard InChI is InChI=1S/C15H17FN2O2/c1-15(2,3)20-14(19)10-5-6-13(16)12(7-10)11-8-17-18(4)9-11/h5-9H,1-4H3. The van der Waals surface area contributed by atoms with Crippen LogP contribution < -0.4 is 0 Å². The number of benzene rings is 1. The van der Waals surface area contributed by atoms with Crippen molar-refractivity contribution in [3.8, 4) is 11.1 Å². The molecule has 0 aliphatic heterocycles. The van der Waals surface area contributed by atoms with E-state index in [1.54, 1.807) is 44.9 Å². The first kappa shape index (κ1) is 14.2. The van der Waals surface area contributed by atoms with Gasteiger partial charge in [-0.3, -0.25) is 4.68 Å². The Morgan fingerprint density at radius 2 is 2.05 bits per heavy atom. The van der Waals surface area contributed by atoms with Crippen molar-refractivity contribution in [2.75, 3.05) is 0 Å². The van der Waals surface area contributed by atoms with E-state index in [2.05, 4.69) is 5.10 Å². The lowest BCUT2D eigenvalue weighted by Gasteiger charge is -2.19. The third-order valence-corrected chi connectivity index (χ3v) is 2.62. The average Bonchev–Trinajstić information content (AvgIpc) is 2.74. The fourth-order valence-electron chi connectivity index (χ4n) is 1.77. The highest BCUT2D eigenvalue weighted by atomic mass is 19.1. The SMILES string of the molecule is Cn1cc(-c2cc(C(=O)OC(C)(C)C)ccc2F)cn1. The van der Waals surface area contributed by atoms with Crippen LogP contribution >= 0.6 is 0 Å². The summed E-state index contributed by atoms with van der Waals surface area (Å²) >= 11 is 0. The highest BCUT2D eigenvalue weighted by Gasteiger charge is 2.19. The maximum atomic E-state index is 13.9. The molecule has 0 spiro atoms. The van der Waals surface area contributed by atoms with E-state index >= 15 is 0 Å². The number of hydrogen-bond donors (Lipinski definition) is 0. The van der Waals surface area contributed by atoms with Crippen LogP contribution in [0, 0.1) is 5.82 Å². The zero-order valence-electron chi connectivity index (χ0n) is 12.0. The van der Waals surface area contributed by atoms with E-state index in [4.69, 9.17) is 4.74 Å². The third-order valence-electron chi connectivity index (χ3n) is 2.62. The van der Waals surface area contributed by atoms with Crippen LogP contribution in [0.3, 0.4) is 0 Å². The summed E-state index contributed by atoms with van der Waals surface area (Å²) in [7, 11) is 1.75. The number of esters is 1. The number of aryl methyl sites for hydroxylation is 1. The minimum Gasteiger partial charge on any atom is -0.456 e. The second-order valence-electron chi connectivity index (χ2n) is 5.60. The van der Waals surface area contributed by atoms with Crippen LogP contribution in [0.4, 0.5) is 4.39 Å². The van der Waals surface area contributed by atoms with Crippen LogP contribution in [0.25, 0.3) is 11.1 Å². The van der Waals surface area contributed by atoms with Gasteiger partial charge in [0.25, 0.3) is 0 Å². The zero-order chi connectivity index (χ0) is 14.9.